The summed E-state index contributed by atoms with van der Waals surface area (Å²) >= 11 is 0. The van der Waals surface area contributed by atoms with Crippen LogP contribution in [0.3, 0.4) is 0 Å². The number of alkyl halides is 2. The van der Waals surface area contributed by atoms with Gasteiger partial charge in [-0.2, -0.15) is 8.78 Å². The van der Waals surface area contributed by atoms with E-state index in [1.807, 2.05) is 27.0 Å². The first kappa shape index (κ1) is 15.4. The van der Waals surface area contributed by atoms with Crippen LogP contribution in [-0.4, -0.2) is 26.8 Å². The summed E-state index contributed by atoms with van der Waals surface area (Å²) in [5.41, 5.74) is 2.00. The van der Waals surface area contributed by atoms with Gasteiger partial charge in [0.05, 0.1) is 7.11 Å². The summed E-state index contributed by atoms with van der Waals surface area (Å²) in [6.07, 6.45) is 1.97. The Bertz CT molecular complexity index is 447. The van der Waals surface area contributed by atoms with Crippen molar-refractivity contribution in [2.24, 2.45) is 0 Å². The molecule has 0 spiro atoms. The monoisotopic (exact) mass is 271 g/mol. The molecule has 106 valence electrons. The largest absolute Gasteiger partial charge is 0.493 e. The minimum atomic E-state index is -2.86. The molecule has 0 aliphatic carbocycles. The molecule has 0 amide bonds. The minimum absolute atomic E-state index is 0.0361. The highest BCUT2D eigenvalue weighted by molar-refractivity contribution is 5.58. The van der Waals surface area contributed by atoms with Crippen LogP contribution in [0.1, 0.15) is 19.4 Å². The van der Waals surface area contributed by atoms with Crippen molar-refractivity contribution in [3.05, 3.63) is 29.3 Å². The maximum absolute atomic E-state index is 12.2. The Balaban J connectivity index is 3.00. The molecule has 1 N–H and O–H groups in total. The van der Waals surface area contributed by atoms with Crippen LogP contribution in [0.2, 0.25) is 0 Å². The predicted octanol–water partition coefficient (Wildman–Crippen LogP) is 3.31. The maximum atomic E-state index is 12.2. The number of methoxy groups -OCH3 is 1. The van der Waals surface area contributed by atoms with Gasteiger partial charge in [0, 0.05) is 6.04 Å². The average molecular weight is 271 g/mol. The summed E-state index contributed by atoms with van der Waals surface area (Å²) in [5, 5.41) is 3.13. The fraction of sp³-hybridized carbons (Fsp3) is 0.429. The van der Waals surface area contributed by atoms with E-state index in [1.54, 1.807) is 12.1 Å². The van der Waals surface area contributed by atoms with E-state index in [0.29, 0.717) is 5.75 Å². The topological polar surface area (TPSA) is 30.5 Å². The van der Waals surface area contributed by atoms with E-state index in [0.717, 1.165) is 11.1 Å². The molecule has 0 saturated heterocycles. The Hall–Kier alpha value is -1.62. The van der Waals surface area contributed by atoms with Gasteiger partial charge in [0.1, 0.15) is 0 Å². The van der Waals surface area contributed by atoms with Crippen molar-refractivity contribution in [1.82, 2.24) is 5.32 Å². The number of benzene rings is 1. The molecule has 0 aliphatic rings. The molecule has 0 saturated carbocycles. The van der Waals surface area contributed by atoms with Crippen LogP contribution < -0.4 is 14.8 Å². The molecule has 5 heteroatoms. The van der Waals surface area contributed by atoms with Gasteiger partial charge >= 0.3 is 6.61 Å². The molecule has 0 aromatic heterocycles. The van der Waals surface area contributed by atoms with Crippen molar-refractivity contribution in [3.8, 4) is 11.5 Å². The zero-order chi connectivity index (χ0) is 14.4. The average Bonchev–Trinajstić information content (AvgIpc) is 2.38. The molecule has 1 rings (SSSR count). The van der Waals surface area contributed by atoms with Crippen molar-refractivity contribution in [1.29, 1.82) is 0 Å². The highest BCUT2D eigenvalue weighted by Gasteiger charge is 2.10. The van der Waals surface area contributed by atoms with E-state index in [1.165, 1.54) is 13.2 Å². The Kier molecular flexibility index (Phi) is 5.76. The van der Waals surface area contributed by atoms with Crippen LogP contribution >= 0.6 is 0 Å². The fourth-order valence-electron chi connectivity index (χ4n) is 1.58. The smallest absolute Gasteiger partial charge is 0.387 e. The van der Waals surface area contributed by atoms with Gasteiger partial charge < -0.3 is 14.8 Å². The SMILES string of the molecule is CNC(C)/C(C)=C/c1ccc(OC(F)F)c(OC)c1. The highest BCUT2D eigenvalue weighted by atomic mass is 19.3. The molecule has 0 aliphatic heterocycles. The van der Waals surface area contributed by atoms with Gasteiger partial charge in [0.2, 0.25) is 0 Å². The lowest BCUT2D eigenvalue weighted by molar-refractivity contribution is -0.0512. The Morgan fingerprint density at radius 3 is 2.53 bits per heavy atom. The summed E-state index contributed by atoms with van der Waals surface area (Å²) in [7, 11) is 3.30. The molecule has 0 radical (unpaired) electrons. The molecule has 0 heterocycles. The van der Waals surface area contributed by atoms with E-state index in [4.69, 9.17) is 4.74 Å². The molecule has 3 nitrogen and oxygen atoms in total. The number of hydrogen-bond donors (Lipinski definition) is 1. The normalized spacial score (nSPS) is 13.5. The summed E-state index contributed by atoms with van der Waals surface area (Å²) in [5.74, 6) is 0.327. The molecule has 19 heavy (non-hydrogen) atoms. The van der Waals surface area contributed by atoms with Crippen LogP contribution in [0.4, 0.5) is 8.78 Å². The molecular weight excluding hydrogens is 252 g/mol. The van der Waals surface area contributed by atoms with Gasteiger partial charge in [-0.05, 0) is 38.6 Å². The molecule has 1 unspecified atom stereocenters. The molecule has 1 atom stereocenters. The van der Waals surface area contributed by atoms with Gasteiger partial charge in [0.15, 0.2) is 11.5 Å². The minimum Gasteiger partial charge on any atom is -0.493 e. The number of ether oxygens (including phenoxy) is 2. The third-order valence-corrected chi connectivity index (χ3v) is 2.91. The second kappa shape index (κ2) is 7.09. The van der Waals surface area contributed by atoms with E-state index < -0.39 is 6.61 Å². The van der Waals surface area contributed by atoms with Crippen LogP contribution in [0, 0.1) is 0 Å². The zero-order valence-electron chi connectivity index (χ0n) is 11.5. The van der Waals surface area contributed by atoms with Crippen molar-refractivity contribution < 1.29 is 18.3 Å². The number of halogens is 2. The first-order valence-electron chi connectivity index (χ1n) is 5.96. The first-order chi connectivity index (χ1) is 8.97. The summed E-state index contributed by atoms with van der Waals surface area (Å²) in [6, 6.07) is 5.10. The van der Waals surface area contributed by atoms with Gasteiger partial charge in [-0.25, -0.2) is 0 Å². The Labute approximate surface area is 112 Å². The molecular formula is C14H19F2NO2. The number of rotatable bonds is 6. The third-order valence-electron chi connectivity index (χ3n) is 2.91. The lowest BCUT2D eigenvalue weighted by atomic mass is 10.1. The highest BCUT2D eigenvalue weighted by Crippen LogP contribution is 2.30. The lowest BCUT2D eigenvalue weighted by Gasteiger charge is -2.12. The van der Waals surface area contributed by atoms with Crippen LogP contribution in [-0.2, 0) is 0 Å². The van der Waals surface area contributed by atoms with E-state index in [-0.39, 0.29) is 11.8 Å². The van der Waals surface area contributed by atoms with Crippen molar-refractivity contribution >= 4 is 6.08 Å². The van der Waals surface area contributed by atoms with Gasteiger partial charge in [-0.1, -0.05) is 17.7 Å². The Morgan fingerprint density at radius 2 is 2.00 bits per heavy atom. The molecule has 1 aromatic rings. The summed E-state index contributed by atoms with van der Waals surface area (Å²) in [6.45, 7) is 1.18. The second-order valence-electron chi connectivity index (χ2n) is 4.19. The van der Waals surface area contributed by atoms with Crippen LogP contribution in [0.5, 0.6) is 11.5 Å². The number of hydrogen-bond acceptors (Lipinski definition) is 3. The second-order valence-corrected chi connectivity index (χ2v) is 4.19. The standard InChI is InChI=1S/C14H19F2NO2/c1-9(10(2)17-3)7-11-5-6-12(19-14(15)16)13(8-11)18-4/h5-8,10,14,17H,1-4H3/b9-7+. The predicted molar refractivity (Wildman–Crippen MR) is 71.8 cm³/mol. The van der Waals surface area contributed by atoms with Crippen LogP contribution in [0.25, 0.3) is 6.08 Å². The third kappa shape index (κ3) is 4.52. The van der Waals surface area contributed by atoms with E-state index in [2.05, 4.69) is 10.1 Å². The summed E-state index contributed by atoms with van der Waals surface area (Å²) < 4.78 is 33.8. The van der Waals surface area contributed by atoms with E-state index >= 15 is 0 Å². The van der Waals surface area contributed by atoms with Crippen molar-refractivity contribution in [2.45, 2.75) is 26.5 Å². The van der Waals surface area contributed by atoms with Gasteiger partial charge in [-0.15, -0.1) is 0 Å². The quantitative estimate of drug-likeness (QED) is 0.861. The maximum Gasteiger partial charge on any atom is 0.387 e. The van der Waals surface area contributed by atoms with E-state index in [9.17, 15) is 8.78 Å². The van der Waals surface area contributed by atoms with Crippen molar-refractivity contribution in [2.75, 3.05) is 14.2 Å². The number of nitrogens with one attached hydrogen (secondary N) is 1. The zero-order valence-corrected chi connectivity index (χ0v) is 11.5. The lowest BCUT2D eigenvalue weighted by Crippen LogP contribution is -2.21. The molecule has 1 aromatic carbocycles. The first-order valence-corrected chi connectivity index (χ1v) is 5.96. The summed E-state index contributed by atoms with van der Waals surface area (Å²) in [4.78, 5) is 0. The van der Waals surface area contributed by atoms with Crippen molar-refractivity contribution in [3.63, 3.8) is 0 Å². The van der Waals surface area contributed by atoms with Gasteiger partial charge in [-0.3, -0.25) is 0 Å². The Morgan fingerprint density at radius 1 is 1.32 bits per heavy atom. The molecule has 0 bridgehead atoms. The number of likely N-dealkylation sites (N-methyl/N-ethyl adjacent to an activating group) is 1. The van der Waals surface area contributed by atoms with Crippen LogP contribution in [0.15, 0.2) is 23.8 Å². The molecule has 0 fully saturated rings. The fourth-order valence-corrected chi connectivity index (χ4v) is 1.58. The van der Waals surface area contributed by atoms with Gasteiger partial charge in [0.25, 0.3) is 0 Å².